The number of rotatable bonds is 10. The number of carbonyl (C=O) groups is 1. The monoisotopic (exact) mass is 461 g/mol. The van der Waals surface area contributed by atoms with Crippen LogP contribution in [0.3, 0.4) is 0 Å². The molecule has 0 unspecified atom stereocenters. The van der Waals surface area contributed by atoms with Crippen molar-refractivity contribution in [1.29, 1.82) is 5.26 Å². The van der Waals surface area contributed by atoms with E-state index in [9.17, 15) is 10.1 Å². The van der Waals surface area contributed by atoms with E-state index in [0.29, 0.717) is 42.5 Å². The van der Waals surface area contributed by atoms with E-state index in [1.165, 1.54) is 13.2 Å². The number of anilines is 1. The Labute approximate surface area is 198 Å². The summed E-state index contributed by atoms with van der Waals surface area (Å²) in [4.78, 5) is 12.4. The number of methoxy groups -OCH3 is 1. The molecule has 176 valence electrons. The van der Waals surface area contributed by atoms with E-state index in [1.54, 1.807) is 31.2 Å². The summed E-state index contributed by atoms with van der Waals surface area (Å²) in [7, 11) is 1.53. The highest BCUT2D eigenvalue weighted by Gasteiger charge is 2.13. The third kappa shape index (κ3) is 6.62. The lowest BCUT2D eigenvalue weighted by Gasteiger charge is -2.13. The molecule has 34 heavy (non-hydrogen) atoms. The van der Waals surface area contributed by atoms with Crippen molar-refractivity contribution >= 4 is 17.8 Å². The van der Waals surface area contributed by atoms with Gasteiger partial charge in [0.1, 0.15) is 23.2 Å². The molecule has 1 heterocycles. The molecule has 0 radical (unpaired) electrons. The van der Waals surface area contributed by atoms with E-state index < -0.39 is 5.91 Å². The van der Waals surface area contributed by atoms with Crippen LogP contribution in [0.2, 0.25) is 0 Å². The number of aromatic nitrogens is 1. The molecular formula is C26H27N3O5. The van der Waals surface area contributed by atoms with Gasteiger partial charge in [-0.1, -0.05) is 23.4 Å². The van der Waals surface area contributed by atoms with Crippen LogP contribution in [-0.2, 0) is 4.79 Å². The second kappa shape index (κ2) is 11.6. The minimum atomic E-state index is -0.584. The zero-order valence-corrected chi connectivity index (χ0v) is 19.7. The molecule has 1 aromatic heterocycles. The van der Waals surface area contributed by atoms with Crippen LogP contribution in [0.5, 0.6) is 17.2 Å². The van der Waals surface area contributed by atoms with Crippen molar-refractivity contribution < 1.29 is 23.5 Å². The van der Waals surface area contributed by atoms with E-state index in [2.05, 4.69) is 16.5 Å². The average molecular weight is 462 g/mol. The van der Waals surface area contributed by atoms with Crippen LogP contribution in [0, 0.1) is 32.1 Å². The van der Waals surface area contributed by atoms with Crippen molar-refractivity contribution in [3.63, 3.8) is 0 Å². The Kier molecular flexibility index (Phi) is 8.30. The summed E-state index contributed by atoms with van der Waals surface area (Å²) < 4.78 is 22.0. The predicted molar refractivity (Wildman–Crippen MR) is 128 cm³/mol. The topological polar surface area (TPSA) is 107 Å². The largest absolute Gasteiger partial charge is 0.493 e. The molecule has 0 saturated carbocycles. The Morgan fingerprint density at radius 1 is 1.06 bits per heavy atom. The average Bonchev–Trinajstić information content (AvgIpc) is 3.24. The lowest BCUT2D eigenvalue weighted by molar-refractivity contribution is -0.112. The Balaban J connectivity index is 1.58. The van der Waals surface area contributed by atoms with Crippen molar-refractivity contribution in [2.24, 2.45) is 0 Å². The highest BCUT2D eigenvalue weighted by atomic mass is 16.5. The second-order valence-electron chi connectivity index (χ2n) is 7.68. The van der Waals surface area contributed by atoms with Gasteiger partial charge in [-0.25, -0.2) is 0 Å². The summed E-state index contributed by atoms with van der Waals surface area (Å²) in [6, 6.07) is 14.8. The van der Waals surface area contributed by atoms with Gasteiger partial charge in [0.25, 0.3) is 5.91 Å². The van der Waals surface area contributed by atoms with Crippen LogP contribution in [0.25, 0.3) is 6.08 Å². The van der Waals surface area contributed by atoms with Gasteiger partial charge < -0.3 is 24.1 Å². The predicted octanol–water partition coefficient (Wildman–Crippen LogP) is 5.00. The molecule has 8 nitrogen and oxygen atoms in total. The Hall–Kier alpha value is -4.25. The van der Waals surface area contributed by atoms with Crippen LogP contribution in [0.4, 0.5) is 5.82 Å². The molecule has 0 aliphatic carbocycles. The Morgan fingerprint density at radius 3 is 2.50 bits per heavy atom. The number of nitriles is 1. The molecule has 0 atom stereocenters. The maximum Gasteiger partial charge on any atom is 0.267 e. The van der Waals surface area contributed by atoms with E-state index >= 15 is 0 Å². The molecule has 0 saturated heterocycles. The van der Waals surface area contributed by atoms with Gasteiger partial charge in [0.05, 0.1) is 20.3 Å². The number of carbonyl (C=O) groups excluding carboxylic acids is 1. The summed E-state index contributed by atoms with van der Waals surface area (Å²) in [6.45, 7) is 6.73. The van der Waals surface area contributed by atoms with Crippen LogP contribution in [-0.4, -0.2) is 31.4 Å². The van der Waals surface area contributed by atoms with Crippen LogP contribution in [0.15, 0.2) is 52.6 Å². The summed E-state index contributed by atoms with van der Waals surface area (Å²) in [5.41, 5.74) is 2.78. The quantitative estimate of drug-likeness (QED) is 0.257. The first-order chi connectivity index (χ1) is 16.4. The molecule has 0 fully saturated rings. The highest BCUT2D eigenvalue weighted by molar-refractivity contribution is 6.09. The maximum absolute atomic E-state index is 12.4. The number of nitrogens with one attached hydrogen (secondary N) is 1. The van der Waals surface area contributed by atoms with E-state index in [4.69, 9.17) is 18.7 Å². The van der Waals surface area contributed by atoms with E-state index in [0.717, 1.165) is 16.9 Å². The van der Waals surface area contributed by atoms with Gasteiger partial charge in [0, 0.05) is 12.5 Å². The van der Waals surface area contributed by atoms with Gasteiger partial charge in [-0.3, -0.25) is 4.79 Å². The van der Waals surface area contributed by atoms with Crippen molar-refractivity contribution in [2.45, 2.75) is 27.2 Å². The van der Waals surface area contributed by atoms with Crippen molar-refractivity contribution in [1.82, 2.24) is 5.16 Å². The van der Waals surface area contributed by atoms with Gasteiger partial charge in [0.15, 0.2) is 17.3 Å². The second-order valence-corrected chi connectivity index (χ2v) is 7.68. The first-order valence-corrected chi connectivity index (χ1v) is 10.8. The van der Waals surface area contributed by atoms with Gasteiger partial charge in [-0.05, 0) is 61.7 Å². The lowest BCUT2D eigenvalue weighted by Crippen LogP contribution is -2.13. The SMILES string of the molecule is COc1cc(/C=C(/C#N)C(=O)Nc2cc(C)on2)ccc1OCCCOc1cc(C)ccc1C. The van der Waals surface area contributed by atoms with Gasteiger partial charge in [-0.15, -0.1) is 0 Å². The van der Waals surface area contributed by atoms with Crippen LogP contribution >= 0.6 is 0 Å². The number of nitrogens with zero attached hydrogens (tertiary/aromatic N) is 2. The number of aryl methyl sites for hydroxylation is 3. The normalized spacial score (nSPS) is 11.0. The van der Waals surface area contributed by atoms with Gasteiger partial charge in [0.2, 0.25) is 0 Å². The molecular weight excluding hydrogens is 434 g/mol. The summed E-state index contributed by atoms with van der Waals surface area (Å²) in [6.07, 6.45) is 2.16. The molecule has 2 aromatic carbocycles. The Morgan fingerprint density at radius 2 is 1.82 bits per heavy atom. The summed E-state index contributed by atoms with van der Waals surface area (Å²) in [5.74, 6) is 2.14. The molecule has 0 bridgehead atoms. The van der Waals surface area contributed by atoms with E-state index in [1.807, 2.05) is 32.0 Å². The van der Waals surface area contributed by atoms with Gasteiger partial charge >= 0.3 is 0 Å². The van der Waals surface area contributed by atoms with Crippen LogP contribution < -0.4 is 19.5 Å². The molecule has 0 aliphatic heterocycles. The van der Waals surface area contributed by atoms with Crippen molar-refractivity contribution in [3.05, 3.63) is 70.5 Å². The molecule has 1 N–H and O–H groups in total. The number of amides is 1. The van der Waals surface area contributed by atoms with Gasteiger partial charge in [-0.2, -0.15) is 5.26 Å². The molecule has 0 spiro atoms. The standard InChI is InChI=1S/C26H27N3O5/c1-17-6-7-18(2)23(12-17)33-11-5-10-32-22-9-8-20(15-24(22)31-4)14-21(16-27)26(30)28-25-13-19(3)34-29-25/h6-9,12-15H,5,10-11H2,1-4H3,(H,28,29,30)/b21-14-. The molecule has 8 heteroatoms. The molecule has 1 amide bonds. The van der Waals surface area contributed by atoms with Crippen LogP contribution in [0.1, 0.15) is 28.9 Å². The zero-order valence-electron chi connectivity index (χ0n) is 19.7. The first kappa shape index (κ1) is 24.4. The molecule has 0 aliphatic rings. The third-order valence-corrected chi connectivity index (χ3v) is 4.88. The van der Waals surface area contributed by atoms with Crippen molar-refractivity contribution in [2.75, 3.05) is 25.6 Å². The minimum absolute atomic E-state index is 0.0834. The van der Waals surface area contributed by atoms with E-state index in [-0.39, 0.29) is 11.4 Å². The van der Waals surface area contributed by atoms with Crippen molar-refractivity contribution in [3.8, 4) is 23.3 Å². The highest BCUT2D eigenvalue weighted by Crippen LogP contribution is 2.29. The fourth-order valence-electron chi connectivity index (χ4n) is 3.10. The first-order valence-electron chi connectivity index (χ1n) is 10.8. The fourth-order valence-corrected chi connectivity index (χ4v) is 3.10. The minimum Gasteiger partial charge on any atom is -0.493 e. The number of ether oxygens (including phenoxy) is 3. The molecule has 3 rings (SSSR count). The fraction of sp³-hybridized carbons (Fsp3) is 0.269. The lowest BCUT2D eigenvalue weighted by atomic mass is 10.1. The number of hydrogen-bond donors (Lipinski definition) is 1. The smallest absolute Gasteiger partial charge is 0.267 e. The number of hydrogen-bond acceptors (Lipinski definition) is 7. The molecule has 3 aromatic rings. The maximum atomic E-state index is 12.4. The summed E-state index contributed by atoms with van der Waals surface area (Å²) >= 11 is 0. The zero-order chi connectivity index (χ0) is 24.5. The third-order valence-electron chi connectivity index (χ3n) is 4.88. The Bertz CT molecular complexity index is 1220. The summed E-state index contributed by atoms with van der Waals surface area (Å²) in [5, 5.41) is 15.6. The number of benzene rings is 2.